The van der Waals surface area contributed by atoms with Crippen LogP contribution in [0.25, 0.3) is 5.69 Å². The van der Waals surface area contributed by atoms with E-state index >= 15 is 0 Å². The predicted molar refractivity (Wildman–Crippen MR) is 83.8 cm³/mol. The first kappa shape index (κ1) is 12.6. The number of nitrogens with zero attached hydrogens (tertiary/aromatic N) is 2. The molecule has 2 aromatic rings. The van der Waals surface area contributed by atoms with Crippen LogP contribution in [0.2, 0.25) is 0 Å². The summed E-state index contributed by atoms with van der Waals surface area (Å²) in [6.07, 6.45) is 6.52. The van der Waals surface area contributed by atoms with E-state index in [0.717, 1.165) is 26.3 Å². The van der Waals surface area contributed by atoms with E-state index in [1.165, 1.54) is 18.4 Å². The van der Waals surface area contributed by atoms with Crippen molar-refractivity contribution in [3.63, 3.8) is 0 Å². The van der Waals surface area contributed by atoms with Crippen molar-refractivity contribution < 1.29 is 0 Å². The molecule has 0 aliphatic heterocycles. The van der Waals surface area contributed by atoms with Crippen LogP contribution in [-0.2, 0) is 6.54 Å². The van der Waals surface area contributed by atoms with Crippen molar-refractivity contribution in [2.45, 2.75) is 25.4 Å². The highest BCUT2D eigenvalue weighted by Crippen LogP contribution is 2.24. The second-order valence-corrected chi connectivity index (χ2v) is 6.64. The van der Waals surface area contributed by atoms with E-state index in [4.69, 9.17) is 0 Å². The molecule has 1 aliphatic carbocycles. The molecule has 18 heavy (non-hydrogen) atoms. The van der Waals surface area contributed by atoms with Gasteiger partial charge in [-0.25, -0.2) is 4.68 Å². The van der Waals surface area contributed by atoms with Crippen LogP contribution in [0.3, 0.4) is 0 Å². The minimum absolute atomic E-state index is 0.746. The largest absolute Gasteiger partial charge is 0.310 e. The maximum absolute atomic E-state index is 4.32. The Kier molecular flexibility index (Phi) is 3.72. The minimum Gasteiger partial charge on any atom is -0.310 e. The SMILES string of the molecule is Brc1cc(CNC2CC2)ccc1-n1cc(I)cn1. The molecule has 1 N–H and O–H groups in total. The Bertz CT molecular complexity index is 563. The molecule has 1 aromatic heterocycles. The van der Waals surface area contributed by atoms with Gasteiger partial charge in [0.15, 0.2) is 0 Å². The van der Waals surface area contributed by atoms with Gasteiger partial charge in [-0.1, -0.05) is 6.07 Å². The lowest BCUT2D eigenvalue weighted by Gasteiger charge is -2.08. The molecule has 0 saturated heterocycles. The average molecular weight is 418 g/mol. The lowest BCUT2D eigenvalue weighted by molar-refractivity contribution is 0.687. The van der Waals surface area contributed by atoms with Crippen LogP contribution < -0.4 is 5.32 Å². The highest BCUT2D eigenvalue weighted by molar-refractivity contribution is 14.1. The molecule has 5 heteroatoms. The summed E-state index contributed by atoms with van der Waals surface area (Å²) in [6, 6.07) is 7.18. The van der Waals surface area contributed by atoms with Crippen molar-refractivity contribution in [3.05, 3.63) is 44.2 Å². The fraction of sp³-hybridized carbons (Fsp3) is 0.308. The molecule has 0 bridgehead atoms. The number of hydrogen-bond donors (Lipinski definition) is 1. The normalized spacial score (nSPS) is 15.0. The van der Waals surface area contributed by atoms with Gasteiger partial charge in [0, 0.05) is 23.3 Å². The Morgan fingerprint density at radius 1 is 1.44 bits per heavy atom. The van der Waals surface area contributed by atoms with E-state index in [-0.39, 0.29) is 0 Å². The summed E-state index contributed by atoms with van der Waals surface area (Å²) in [5.74, 6) is 0. The Morgan fingerprint density at radius 2 is 2.28 bits per heavy atom. The molecule has 0 spiro atoms. The van der Waals surface area contributed by atoms with E-state index in [1.54, 1.807) is 0 Å². The van der Waals surface area contributed by atoms with Crippen LogP contribution in [0.15, 0.2) is 35.1 Å². The van der Waals surface area contributed by atoms with E-state index in [1.807, 2.05) is 17.1 Å². The van der Waals surface area contributed by atoms with Crippen LogP contribution in [0.1, 0.15) is 18.4 Å². The predicted octanol–water partition coefficient (Wildman–Crippen LogP) is 3.49. The molecule has 1 fully saturated rings. The Morgan fingerprint density at radius 3 is 2.89 bits per heavy atom. The van der Waals surface area contributed by atoms with Crippen molar-refractivity contribution in [1.82, 2.24) is 15.1 Å². The first-order valence-corrected chi connectivity index (χ1v) is 7.82. The maximum Gasteiger partial charge on any atom is 0.0788 e. The van der Waals surface area contributed by atoms with E-state index < -0.39 is 0 Å². The van der Waals surface area contributed by atoms with Crippen molar-refractivity contribution in [3.8, 4) is 5.69 Å². The molecule has 94 valence electrons. The second kappa shape index (κ2) is 5.30. The number of halogens is 2. The van der Waals surface area contributed by atoms with Crippen LogP contribution in [0, 0.1) is 3.57 Å². The van der Waals surface area contributed by atoms with Gasteiger partial charge < -0.3 is 5.32 Å². The topological polar surface area (TPSA) is 29.9 Å². The van der Waals surface area contributed by atoms with Gasteiger partial charge >= 0.3 is 0 Å². The molecule has 3 nitrogen and oxygen atoms in total. The summed E-state index contributed by atoms with van der Waals surface area (Å²) < 4.78 is 4.11. The fourth-order valence-electron chi connectivity index (χ4n) is 1.83. The van der Waals surface area contributed by atoms with Gasteiger partial charge in [0.2, 0.25) is 0 Å². The molecule has 1 aliphatic rings. The molecule has 1 heterocycles. The van der Waals surface area contributed by atoms with E-state index in [2.05, 4.69) is 67.1 Å². The van der Waals surface area contributed by atoms with E-state index in [9.17, 15) is 0 Å². The Labute approximate surface area is 128 Å². The lowest BCUT2D eigenvalue weighted by atomic mass is 10.2. The van der Waals surface area contributed by atoms with E-state index in [0.29, 0.717) is 0 Å². The van der Waals surface area contributed by atoms with Crippen molar-refractivity contribution in [2.75, 3.05) is 0 Å². The first-order valence-electron chi connectivity index (χ1n) is 5.95. The molecule has 3 rings (SSSR count). The molecule has 1 aromatic carbocycles. The average Bonchev–Trinajstić information content (AvgIpc) is 3.09. The summed E-state index contributed by atoms with van der Waals surface area (Å²) in [5, 5.41) is 7.84. The standard InChI is InChI=1S/C13H13BrIN3/c14-12-5-9(6-16-11-2-3-11)1-4-13(12)18-8-10(15)7-17-18/h1,4-5,7-8,11,16H,2-3,6H2. The Hall–Kier alpha value is -0.400. The zero-order chi connectivity index (χ0) is 12.5. The molecule has 0 amide bonds. The molecule has 0 unspecified atom stereocenters. The molecule has 0 atom stereocenters. The van der Waals surface area contributed by atoms with Gasteiger partial charge in [-0.3, -0.25) is 0 Å². The van der Waals surface area contributed by atoms with Crippen LogP contribution in [-0.4, -0.2) is 15.8 Å². The summed E-state index contributed by atoms with van der Waals surface area (Å²) >= 11 is 5.89. The van der Waals surface area contributed by atoms with Gasteiger partial charge in [0.25, 0.3) is 0 Å². The smallest absolute Gasteiger partial charge is 0.0788 e. The van der Waals surface area contributed by atoms with Gasteiger partial charge in [-0.2, -0.15) is 5.10 Å². The monoisotopic (exact) mass is 417 g/mol. The zero-order valence-electron chi connectivity index (χ0n) is 9.74. The maximum atomic E-state index is 4.32. The van der Waals surface area contributed by atoms with Gasteiger partial charge in [0.1, 0.15) is 0 Å². The van der Waals surface area contributed by atoms with Crippen molar-refractivity contribution >= 4 is 38.5 Å². The van der Waals surface area contributed by atoms with Crippen molar-refractivity contribution in [2.24, 2.45) is 0 Å². The Balaban J connectivity index is 1.79. The lowest BCUT2D eigenvalue weighted by Crippen LogP contribution is -2.15. The molecular weight excluding hydrogens is 405 g/mol. The third kappa shape index (κ3) is 2.95. The van der Waals surface area contributed by atoms with Gasteiger partial charge in [-0.15, -0.1) is 0 Å². The fourth-order valence-corrected chi connectivity index (χ4v) is 2.82. The molecule has 0 radical (unpaired) electrons. The second-order valence-electron chi connectivity index (χ2n) is 4.54. The summed E-state index contributed by atoms with van der Waals surface area (Å²) in [5.41, 5.74) is 2.38. The minimum atomic E-state index is 0.746. The molecule has 1 saturated carbocycles. The van der Waals surface area contributed by atoms with Crippen molar-refractivity contribution in [1.29, 1.82) is 0 Å². The quantitative estimate of drug-likeness (QED) is 0.771. The number of benzene rings is 1. The van der Waals surface area contributed by atoms with Crippen LogP contribution >= 0.6 is 38.5 Å². The van der Waals surface area contributed by atoms with Crippen LogP contribution in [0.4, 0.5) is 0 Å². The highest BCUT2D eigenvalue weighted by Gasteiger charge is 2.20. The number of hydrogen-bond acceptors (Lipinski definition) is 2. The van der Waals surface area contributed by atoms with Gasteiger partial charge in [0.05, 0.1) is 15.5 Å². The third-order valence-electron chi connectivity index (χ3n) is 2.98. The van der Waals surface area contributed by atoms with Gasteiger partial charge in [-0.05, 0) is 69.1 Å². The van der Waals surface area contributed by atoms with Crippen LogP contribution in [0.5, 0.6) is 0 Å². The summed E-state index contributed by atoms with van der Waals surface area (Å²) in [4.78, 5) is 0. The number of rotatable bonds is 4. The highest BCUT2D eigenvalue weighted by atomic mass is 127. The summed E-state index contributed by atoms with van der Waals surface area (Å²) in [6.45, 7) is 0.945. The molecular formula is C13H13BrIN3. The number of aromatic nitrogens is 2. The summed E-state index contributed by atoms with van der Waals surface area (Å²) in [7, 11) is 0. The third-order valence-corrected chi connectivity index (χ3v) is 4.17. The zero-order valence-corrected chi connectivity index (χ0v) is 13.5. The first-order chi connectivity index (χ1) is 8.72. The number of nitrogens with one attached hydrogen (secondary N) is 1.